The largest absolute Gasteiger partial charge is 0.493 e. The second-order valence-electron chi connectivity index (χ2n) is 7.44. The smallest absolute Gasteiger partial charge is 0.224 e. The number of ether oxygens (including phenoxy) is 2. The molecule has 3 rings (SSSR count). The second-order valence-corrected chi connectivity index (χ2v) is 7.44. The number of carbonyl (C=O) groups excluding carboxylic acids is 1. The van der Waals surface area contributed by atoms with E-state index in [-0.39, 0.29) is 11.9 Å². The summed E-state index contributed by atoms with van der Waals surface area (Å²) in [4.78, 5) is 17.4. The summed E-state index contributed by atoms with van der Waals surface area (Å²) >= 11 is 0. The molecule has 0 radical (unpaired) electrons. The van der Waals surface area contributed by atoms with Crippen molar-refractivity contribution in [3.05, 3.63) is 59.7 Å². The topological polar surface area (TPSA) is 54.0 Å². The Balaban J connectivity index is 1.63. The molecule has 1 heterocycles. The van der Waals surface area contributed by atoms with Gasteiger partial charge in [-0.15, -0.1) is 0 Å². The molecule has 1 N–H and O–H groups in total. The van der Waals surface area contributed by atoms with Crippen molar-refractivity contribution in [1.82, 2.24) is 15.1 Å². The number of nitrogens with zero attached hydrogens (tertiary/aromatic N) is 2. The molecule has 6 nitrogen and oxygen atoms in total. The molecule has 0 saturated carbocycles. The number of rotatable bonds is 8. The number of likely N-dealkylation sites (N-methyl/N-ethyl adjacent to an activating group) is 1. The van der Waals surface area contributed by atoms with E-state index in [9.17, 15) is 4.79 Å². The normalized spacial score (nSPS) is 16.2. The van der Waals surface area contributed by atoms with E-state index < -0.39 is 0 Å². The molecule has 1 unspecified atom stereocenters. The monoisotopic (exact) mass is 397 g/mol. The highest BCUT2D eigenvalue weighted by Crippen LogP contribution is 2.27. The number of benzene rings is 2. The van der Waals surface area contributed by atoms with E-state index in [2.05, 4.69) is 46.4 Å². The van der Waals surface area contributed by atoms with Crippen LogP contribution in [0.5, 0.6) is 11.5 Å². The minimum Gasteiger partial charge on any atom is -0.493 e. The van der Waals surface area contributed by atoms with Crippen LogP contribution >= 0.6 is 0 Å². The first-order valence-corrected chi connectivity index (χ1v) is 10.1. The molecule has 6 heteroatoms. The van der Waals surface area contributed by atoms with E-state index in [0.29, 0.717) is 24.5 Å². The van der Waals surface area contributed by atoms with Gasteiger partial charge < -0.3 is 19.7 Å². The van der Waals surface area contributed by atoms with Crippen LogP contribution in [-0.4, -0.2) is 69.7 Å². The lowest BCUT2D eigenvalue weighted by Gasteiger charge is -2.38. The molecule has 2 aromatic carbocycles. The third-order valence-corrected chi connectivity index (χ3v) is 5.47. The summed E-state index contributed by atoms with van der Waals surface area (Å²) in [6, 6.07) is 16.2. The van der Waals surface area contributed by atoms with E-state index in [4.69, 9.17) is 9.47 Å². The number of methoxy groups -OCH3 is 2. The fourth-order valence-electron chi connectivity index (χ4n) is 3.72. The van der Waals surface area contributed by atoms with Crippen LogP contribution in [0.1, 0.15) is 17.2 Å². The van der Waals surface area contributed by atoms with Crippen LogP contribution in [-0.2, 0) is 11.2 Å². The Morgan fingerprint density at radius 1 is 1.00 bits per heavy atom. The summed E-state index contributed by atoms with van der Waals surface area (Å²) in [5.74, 6) is 1.31. The SMILES string of the molecule is COc1ccc(CC(=O)NCC(c2ccccc2)N2CCN(C)CC2)cc1OC. The molecule has 0 aliphatic carbocycles. The standard InChI is InChI=1S/C23H31N3O3/c1-25-11-13-26(14-12-25)20(19-7-5-4-6-8-19)17-24-23(27)16-18-9-10-21(28-2)22(15-18)29-3/h4-10,15,20H,11-14,16-17H2,1-3H3,(H,24,27). The van der Waals surface area contributed by atoms with Gasteiger partial charge in [0.1, 0.15) is 0 Å². The van der Waals surface area contributed by atoms with Gasteiger partial charge in [-0.05, 0) is 30.3 Å². The summed E-state index contributed by atoms with van der Waals surface area (Å²) in [6.07, 6.45) is 0.310. The highest BCUT2D eigenvalue weighted by molar-refractivity contribution is 5.78. The van der Waals surface area contributed by atoms with Gasteiger partial charge in [0.25, 0.3) is 0 Å². The first kappa shape index (κ1) is 21.1. The maximum Gasteiger partial charge on any atom is 0.224 e. The van der Waals surface area contributed by atoms with Gasteiger partial charge in [-0.25, -0.2) is 0 Å². The van der Waals surface area contributed by atoms with E-state index in [1.165, 1.54) is 5.56 Å². The number of nitrogens with one attached hydrogen (secondary N) is 1. The zero-order valence-electron chi connectivity index (χ0n) is 17.6. The molecule has 0 spiro atoms. The van der Waals surface area contributed by atoms with Gasteiger partial charge in [0.2, 0.25) is 5.91 Å². The Morgan fingerprint density at radius 3 is 2.34 bits per heavy atom. The lowest BCUT2D eigenvalue weighted by molar-refractivity contribution is -0.120. The van der Waals surface area contributed by atoms with Crippen molar-refractivity contribution in [2.24, 2.45) is 0 Å². The summed E-state index contributed by atoms with van der Waals surface area (Å²) in [7, 11) is 5.36. The Morgan fingerprint density at radius 2 is 1.69 bits per heavy atom. The average molecular weight is 398 g/mol. The molecule has 1 saturated heterocycles. The molecule has 0 aromatic heterocycles. The lowest BCUT2D eigenvalue weighted by atomic mass is 10.0. The highest BCUT2D eigenvalue weighted by atomic mass is 16.5. The van der Waals surface area contributed by atoms with E-state index in [1.54, 1.807) is 14.2 Å². The molecular weight excluding hydrogens is 366 g/mol. The number of carbonyl (C=O) groups is 1. The molecule has 1 atom stereocenters. The van der Waals surface area contributed by atoms with Gasteiger partial charge >= 0.3 is 0 Å². The van der Waals surface area contributed by atoms with E-state index in [1.807, 2.05) is 24.3 Å². The van der Waals surface area contributed by atoms with Crippen LogP contribution in [0.15, 0.2) is 48.5 Å². The minimum absolute atomic E-state index is 0.00674. The minimum atomic E-state index is 0.00674. The second kappa shape index (κ2) is 10.3. The number of hydrogen-bond acceptors (Lipinski definition) is 5. The summed E-state index contributed by atoms with van der Waals surface area (Å²) < 4.78 is 10.6. The summed E-state index contributed by atoms with van der Waals surface area (Å²) in [6.45, 7) is 4.69. The van der Waals surface area contributed by atoms with Crippen LogP contribution < -0.4 is 14.8 Å². The van der Waals surface area contributed by atoms with Crippen molar-refractivity contribution in [2.45, 2.75) is 12.5 Å². The molecule has 1 amide bonds. The molecule has 2 aromatic rings. The van der Waals surface area contributed by atoms with Gasteiger partial charge in [-0.3, -0.25) is 9.69 Å². The van der Waals surface area contributed by atoms with Crippen molar-refractivity contribution in [1.29, 1.82) is 0 Å². The Bertz CT molecular complexity index is 789. The van der Waals surface area contributed by atoms with Crippen LogP contribution in [0.3, 0.4) is 0 Å². The Labute approximate surface area is 173 Å². The quantitative estimate of drug-likeness (QED) is 0.741. The first-order valence-electron chi connectivity index (χ1n) is 10.1. The third-order valence-electron chi connectivity index (χ3n) is 5.47. The van der Waals surface area contributed by atoms with Crippen molar-refractivity contribution < 1.29 is 14.3 Å². The van der Waals surface area contributed by atoms with Gasteiger partial charge in [0.05, 0.1) is 26.7 Å². The van der Waals surface area contributed by atoms with E-state index >= 15 is 0 Å². The van der Waals surface area contributed by atoms with Gasteiger partial charge in [0.15, 0.2) is 11.5 Å². The molecule has 1 aliphatic rings. The average Bonchev–Trinajstić information content (AvgIpc) is 2.75. The van der Waals surface area contributed by atoms with Gasteiger partial charge in [-0.2, -0.15) is 0 Å². The number of hydrogen-bond donors (Lipinski definition) is 1. The summed E-state index contributed by atoms with van der Waals surface area (Å²) in [5.41, 5.74) is 2.14. The number of amides is 1. The maximum atomic E-state index is 12.6. The zero-order valence-corrected chi connectivity index (χ0v) is 17.6. The van der Waals surface area contributed by atoms with Crippen LogP contribution in [0.4, 0.5) is 0 Å². The van der Waals surface area contributed by atoms with Gasteiger partial charge in [-0.1, -0.05) is 36.4 Å². The molecule has 1 aliphatic heterocycles. The molecule has 156 valence electrons. The molecular formula is C23H31N3O3. The maximum absolute atomic E-state index is 12.6. The fourth-order valence-corrected chi connectivity index (χ4v) is 3.72. The Hall–Kier alpha value is -2.57. The third kappa shape index (κ3) is 5.71. The molecule has 0 bridgehead atoms. The predicted octanol–water partition coefficient (Wildman–Crippen LogP) is 2.35. The molecule has 1 fully saturated rings. The first-order chi connectivity index (χ1) is 14.1. The van der Waals surface area contributed by atoms with Crippen molar-refractivity contribution in [3.8, 4) is 11.5 Å². The number of piperazine rings is 1. The fraction of sp³-hybridized carbons (Fsp3) is 0.435. The van der Waals surface area contributed by atoms with E-state index in [0.717, 1.165) is 31.7 Å². The summed E-state index contributed by atoms with van der Waals surface area (Å²) in [5, 5.41) is 3.14. The predicted molar refractivity (Wildman–Crippen MR) is 115 cm³/mol. The zero-order chi connectivity index (χ0) is 20.6. The van der Waals surface area contributed by atoms with Crippen molar-refractivity contribution in [2.75, 3.05) is 54.0 Å². The Kier molecular flexibility index (Phi) is 7.49. The van der Waals surface area contributed by atoms with Gasteiger partial charge in [0, 0.05) is 32.7 Å². The lowest BCUT2D eigenvalue weighted by Crippen LogP contribution is -2.48. The van der Waals surface area contributed by atoms with Crippen molar-refractivity contribution >= 4 is 5.91 Å². The highest BCUT2D eigenvalue weighted by Gasteiger charge is 2.24. The van der Waals surface area contributed by atoms with Crippen LogP contribution in [0, 0.1) is 0 Å². The van der Waals surface area contributed by atoms with Crippen LogP contribution in [0.25, 0.3) is 0 Å². The molecule has 29 heavy (non-hydrogen) atoms. The van der Waals surface area contributed by atoms with Crippen molar-refractivity contribution in [3.63, 3.8) is 0 Å². The van der Waals surface area contributed by atoms with Crippen LogP contribution in [0.2, 0.25) is 0 Å².